The van der Waals surface area contributed by atoms with Gasteiger partial charge in [0.15, 0.2) is 0 Å². The second-order valence-corrected chi connectivity index (χ2v) is 7.89. The summed E-state index contributed by atoms with van der Waals surface area (Å²) in [6, 6.07) is 3.13. The van der Waals surface area contributed by atoms with E-state index in [9.17, 15) is 17.6 Å². The minimum Gasteiger partial charge on any atom is -0.386 e. The van der Waals surface area contributed by atoms with Crippen molar-refractivity contribution in [2.75, 3.05) is 0 Å². The van der Waals surface area contributed by atoms with Gasteiger partial charge in [-0.25, -0.2) is 17.6 Å². The van der Waals surface area contributed by atoms with Crippen LogP contribution in [-0.2, 0) is 5.67 Å². The van der Waals surface area contributed by atoms with Gasteiger partial charge in [-0.3, -0.25) is 4.98 Å². The van der Waals surface area contributed by atoms with Crippen LogP contribution in [0.25, 0.3) is 11.3 Å². The van der Waals surface area contributed by atoms with E-state index in [1.807, 2.05) is 6.20 Å². The fourth-order valence-corrected chi connectivity index (χ4v) is 3.45. The van der Waals surface area contributed by atoms with Crippen LogP contribution in [0.3, 0.4) is 0 Å². The molecule has 29 heavy (non-hydrogen) atoms. The fraction of sp³-hybridized carbons (Fsp3) is 0.409. The third-order valence-electron chi connectivity index (χ3n) is 5.18. The molecule has 2 aromatic rings. The highest BCUT2D eigenvalue weighted by Gasteiger charge is 2.26. The van der Waals surface area contributed by atoms with Crippen molar-refractivity contribution in [1.82, 2.24) is 15.6 Å². The van der Waals surface area contributed by atoms with Crippen molar-refractivity contribution >= 4 is 0 Å². The summed E-state index contributed by atoms with van der Waals surface area (Å²) < 4.78 is 57.7. The lowest BCUT2D eigenvalue weighted by atomic mass is 9.97. The molecule has 2 atom stereocenters. The van der Waals surface area contributed by atoms with Crippen LogP contribution in [0.2, 0.25) is 0 Å². The topological polar surface area (TPSA) is 37.0 Å². The van der Waals surface area contributed by atoms with Crippen molar-refractivity contribution in [3.8, 4) is 11.3 Å². The lowest BCUT2D eigenvalue weighted by molar-refractivity contribution is 0.213. The zero-order valence-electron chi connectivity index (χ0n) is 16.9. The summed E-state index contributed by atoms with van der Waals surface area (Å²) in [6.07, 6.45) is 4.45. The Morgan fingerprint density at radius 2 is 1.90 bits per heavy atom. The van der Waals surface area contributed by atoms with E-state index in [-0.39, 0.29) is 22.4 Å². The molecule has 1 aliphatic rings. The first-order valence-electron chi connectivity index (χ1n) is 9.66. The highest BCUT2D eigenvalue weighted by molar-refractivity contribution is 5.62. The quantitative estimate of drug-likeness (QED) is 0.609. The van der Waals surface area contributed by atoms with Crippen LogP contribution < -0.4 is 10.6 Å². The molecule has 0 aliphatic carbocycles. The maximum Gasteiger partial charge on any atom is 0.147 e. The standard InChI is InChI=1S/C22H25F4N3/c1-5-13-6-14(10-27-13)29-12(2)15-7-19(24)16(8-18(15)23)21-9-17(22(3,4)26)20(25)11-28-21/h7-13,27,29H,5-6H2,1-4H3/t12?,13-/m0/s1. The smallest absolute Gasteiger partial charge is 0.147 e. The Morgan fingerprint density at radius 1 is 1.17 bits per heavy atom. The molecule has 3 rings (SSSR count). The summed E-state index contributed by atoms with van der Waals surface area (Å²) in [4.78, 5) is 3.82. The van der Waals surface area contributed by atoms with Gasteiger partial charge in [0.25, 0.3) is 0 Å². The minimum atomic E-state index is -1.98. The molecule has 2 N–H and O–H groups in total. The number of hydrogen-bond acceptors (Lipinski definition) is 3. The van der Waals surface area contributed by atoms with Gasteiger partial charge in [0.2, 0.25) is 0 Å². The Kier molecular flexibility index (Phi) is 5.87. The molecule has 1 unspecified atom stereocenters. The molecule has 0 saturated carbocycles. The average Bonchev–Trinajstić information content (AvgIpc) is 3.10. The van der Waals surface area contributed by atoms with Gasteiger partial charge >= 0.3 is 0 Å². The Balaban J connectivity index is 1.88. The first kappa shape index (κ1) is 21.1. The fourth-order valence-electron chi connectivity index (χ4n) is 3.45. The van der Waals surface area contributed by atoms with E-state index in [1.165, 1.54) is 13.8 Å². The number of nitrogens with zero attached hydrogens (tertiary/aromatic N) is 1. The molecule has 1 aromatic carbocycles. The van der Waals surface area contributed by atoms with Crippen molar-refractivity contribution in [3.63, 3.8) is 0 Å². The van der Waals surface area contributed by atoms with Crippen LogP contribution in [0.1, 0.15) is 57.7 Å². The minimum absolute atomic E-state index is 0.0239. The van der Waals surface area contributed by atoms with Crippen molar-refractivity contribution < 1.29 is 17.6 Å². The van der Waals surface area contributed by atoms with Crippen molar-refractivity contribution in [3.05, 3.63) is 64.9 Å². The van der Waals surface area contributed by atoms with Gasteiger partial charge in [-0.1, -0.05) is 6.92 Å². The maximum atomic E-state index is 14.8. The summed E-state index contributed by atoms with van der Waals surface area (Å²) in [5.74, 6) is -2.16. The number of alkyl halides is 1. The number of halogens is 4. The van der Waals surface area contributed by atoms with E-state index in [2.05, 4.69) is 22.5 Å². The molecule has 0 saturated heterocycles. The summed E-state index contributed by atoms with van der Waals surface area (Å²) in [5.41, 5.74) is -1.30. The molecule has 1 aromatic heterocycles. The first-order valence-corrected chi connectivity index (χ1v) is 9.66. The van der Waals surface area contributed by atoms with Crippen LogP contribution in [-0.4, -0.2) is 11.0 Å². The number of aromatic nitrogens is 1. The van der Waals surface area contributed by atoms with Crippen molar-refractivity contribution in [1.29, 1.82) is 0 Å². The zero-order valence-corrected chi connectivity index (χ0v) is 16.9. The molecule has 1 aliphatic heterocycles. The second kappa shape index (κ2) is 8.05. The molecule has 2 heterocycles. The van der Waals surface area contributed by atoms with Gasteiger partial charge in [-0.15, -0.1) is 0 Å². The van der Waals surface area contributed by atoms with Gasteiger partial charge in [-0.2, -0.15) is 0 Å². The van der Waals surface area contributed by atoms with Gasteiger partial charge in [0, 0.05) is 41.1 Å². The Labute approximate surface area is 168 Å². The molecule has 0 spiro atoms. The lowest BCUT2D eigenvalue weighted by Crippen LogP contribution is -2.20. The van der Waals surface area contributed by atoms with E-state index in [1.54, 1.807) is 6.92 Å². The molecule has 156 valence electrons. The van der Waals surface area contributed by atoms with Crippen LogP contribution in [0.5, 0.6) is 0 Å². The van der Waals surface area contributed by atoms with Gasteiger partial charge in [0.1, 0.15) is 23.1 Å². The van der Waals surface area contributed by atoms with Crippen LogP contribution in [0.4, 0.5) is 17.6 Å². The van der Waals surface area contributed by atoms with E-state index in [0.29, 0.717) is 6.04 Å². The van der Waals surface area contributed by atoms with E-state index >= 15 is 0 Å². The largest absolute Gasteiger partial charge is 0.386 e. The maximum absolute atomic E-state index is 14.8. The number of benzene rings is 1. The van der Waals surface area contributed by atoms with Crippen molar-refractivity contribution in [2.24, 2.45) is 0 Å². The summed E-state index contributed by atoms with van der Waals surface area (Å²) in [6.45, 7) is 6.21. The molecular formula is C22H25F4N3. The van der Waals surface area contributed by atoms with Crippen LogP contribution in [0.15, 0.2) is 36.3 Å². The van der Waals surface area contributed by atoms with E-state index in [4.69, 9.17) is 0 Å². The Hall–Kier alpha value is -2.57. The van der Waals surface area contributed by atoms with Crippen molar-refractivity contribution in [2.45, 2.75) is 58.3 Å². The van der Waals surface area contributed by atoms with Crippen LogP contribution in [0, 0.1) is 17.5 Å². The molecular weight excluding hydrogens is 382 g/mol. The Morgan fingerprint density at radius 3 is 2.52 bits per heavy atom. The molecule has 3 nitrogen and oxygen atoms in total. The number of pyridine rings is 1. The first-order chi connectivity index (χ1) is 13.6. The van der Waals surface area contributed by atoms with Gasteiger partial charge < -0.3 is 10.6 Å². The third kappa shape index (κ3) is 4.54. The Bertz CT molecular complexity index is 934. The highest BCUT2D eigenvalue weighted by Crippen LogP contribution is 2.32. The second-order valence-electron chi connectivity index (χ2n) is 7.89. The zero-order chi connectivity index (χ0) is 21.3. The molecule has 0 radical (unpaired) electrons. The highest BCUT2D eigenvalue weighted by atomic mass is 19.2. The lowest BCUT2D eigenvalue weighted by Gasteiger charge is -2.19. The normalized spacial score (nSPS) is 17.7. The molecule has 0 amide bonds. The molecule has 7 heteroatoms. The predicted octanol–water partition coefficient (Wildman–Crippen LogP) is 5.63. The van der Waals surface area contributed by atoms with E-state index < -0.39 is 29.2 Å². The summed E-state index contributed by atoms with van der Waals surface area (Å²) in [5, 5.41) is 6.43. The summed E-state index contributed by atoms with van der Waals surface area (Å²) in [7, 11) is 0. The average molecular weight is 407 g/mol. The van der Waals surface area contributed by atoms with Crippen LogP contribution >= 0.6 is 0 Å². The molecule has 0 bridgehead atoms. The monoisotopic (exact) mass is 407 g/mol. The molecule has 0 fully saturated rings. The predicted molar refractivity (Wildman–Crippen MR) is 105 cm³/mol. The van der Waals surface area contributed by atoms with Gasteiger partial charge in [-0.05, 0) is 45.4 Å². The number of hydrogen-bond donors (Lipinski definition) is 2. The number of nitrogens with one attached hydrogen (secondary N) is 2. The summed E-state index contributed by atoms with van der Waals surface area (Å²) >= 11 is 0. The van der Waals surface area contributed by atoms with E-state index in [0.717, 1.165) is 42.9 Å². The third-order valence-corrected chi connectivity index (χ3v) is 5.18. The number of rotatable bonds is 6. The SMILES string of the molecule is CC[C@H]1CC(NC(C)c2cc(F)c(-c3cc(C(C)(C)F)c(F)cn3)cc2F)=CN1. The van der Waals surface area contributed by atoms with Gasteiger partial charge in [0.05, 0.1) is 17.9 Å².